The number of esters is 1. The van der Waals surface area contributed by atoms with Gasteiger partial charge in [0.2, 0.25) is 0 Å². The zero-order valence-corrected chi connectivity index (χ0v) is 15.1. The molecule has 7 heteroatoms. The monoisotopic (exact) mass is 370 g/mol. The van der Waals surface area contributed by atoms with E-state index < -0.39 is 5.97 Å². The van der Waals surface area contributed by atoms with Gasteiger partial charge in [0.05, 0.1) is 12.0 Å². The summed E-state index contributed by atoms with van der Waals surface area (Å²) in [6.45, 7) is 2.22. The second-order valence-electron chi connectivity index (χ2n) is 6.06. The quantitative estimate of drug-likeness (QED) is 0.698. The summed E-state index contributed by atoms with van der Waals surface area (Å²) in [7, 11) is 0. The van der Waals surface area contributed by atoms with E-state index >= 15 is 0 Å². The summed E-state index contributed by atoms with van der Waals surface area (Å²) in [6.07, 6.45) is 3.03. The third kappa shape index (κ3) is 2.99. The summed E-state index contributed by atoms with van der Waals surface area (Å²) in [5.41, 5.74) is 1.33. The number of nitrogens with zero attached hydrogens (tertiary/aromatic N) is 1. The number of ether oxygens (including phenoxy) is 2. The van der Waals surface area contributed by atoms with Crippen LogP contribution in [0.5, 0.6) is 5.75 Å². The van der Waals surface area contributed by atoms with Crippen molar-refractivity contribution in [1.82, 2.24) is 9.97 Å². The van der Waals surface area contributed by atoms with E-state index in [0.29, 0.717) is 29.1 Å². The van der Waals surface area contributed by atoms with Gasteiger partial charge in [-0.3, -0.25) is 4.79 Å². The van der Waals surface area contributed by atoms with Crippen molar-refractivity contribution in [1.29, 1.82) is 0 Å². The van der Waals surface area contributed by atoms with Crippen molar-refractivity contribution in [3.05, 3.63) is 56.4 Å². The maximum absolute atomic E-state index is 12.4. The van der Waals surface area contributed by atoms with Gasteiger partial charge in [-0.05, 0) is 43.9 Å². The average Bonchev–Trinajstić information content (AvgIpc) is 3.21. The van der Waals surface area contributed by atoms with Gasteiger partial charge in [-0.15, -0.1) is 11.3 Å². The fourth-order valence-electron chi connectivity index (χ4n) is 3.24. The normalized spacial score (nSPS) is 13.0. The number of nitrogens with one attached hydrogen (secondary N) is 1. The summed E-state index contributed by atoms with van der Waals surface area (Å²) in [5, 5.41) is 0.694. The molecule has 0 saturated carbocycles. The zero-order valence-electron chi connectivity index (χ0n) is 14.3. The Hall–Kier alpha value is -2.67. The Morgan fingerprint density at radius 2 is 2.15 bits per heavy atom. The molecule has 1 N–H and O–H groups in total. The number of para-hydroxylation sites is 1. The first kappa shape index (κ1) is 16.8. The minimum atomic E-state index is -0.509. The fraction of sp³-hybridized carbons (Fsp3) is 0.316. The molecule has 0 saturated heterocycles. The molecule has 2 aromatic heterocycles. The van der Waals surface area contributed by atoms with E-state index in [4.69, 9.17) is 9.47 Å². The maximum Gasteiger partial charge on any atom is 0.342 e. The number of thiophene rings is 1. The lowest BCUT2D eigenvalue weighted by Crippen LogP contribution is -2.15. The standard InChI is InChI=1S/C19H18N2O4S/c1-2-24-13-8-4-3-6-11(13)19(23)25-10-15-20-17(22)16-12-7-5-9-14(12)26-18(16)21-15/h3-4,6,8H,2,5,7,9-10H2,1H3,(H,20,21,22). The number of H-pyrrole nitrogens is 1. The molecule has 0 bridgehead atoms. The second-order valence-corrected chi connectivity index (χ2v) is 7.14. The molecule has 1 aromatic carbocycles. The number of aromatic nitrogens is 2. The van der Waals surface area contributed by atoms with Gasteiger partial charge in [-0.1, -0.05) is 12.1 Å². The van der Waals surface area contributed by atoms with Crippen molar-refractivity contribution >= 4 is 27.5 Å². The predicted octanol–water partition coefficient (Wildman–Crippen LogP) is 3.23. The fourth-order valence-corrected chi connectivity index (χ4v) is 4.52. The largest absolute Gasteiger partial charge is 0.493 e. The lowest BCUT2D eigenvalue weighted by atomic mass is 10.2. The van der Waals surface area contributed by atoms with E-state index in [-0.39, 0.29) is 12.2 Å². The van der Waals surface area contributed by atoms with Crippen LogP contribution in [0, 0.1) is 0 Å². The average molecular weight is 370 g/mol. The van der Waals surface area contributed by atoms with Crippen LogP contribution in [-0.2, 0) is 24.2 Å². The third-order valence-corrected chi connectivity index (χ3v) is 5.56. The lowest BCUT2D eigenvalue weighted by molar-refractivity contribution is 0.0458. The Balaban J connectivity index is 1.55. The summed E-state index contributed by atoms with van der Waals surface area (Å²) in [6, 6.07) is 6.92. The van der Waals surface area contributed by atoms with Crippen LogP contribution in [-0.4, -0.2) is 22.5 Å². The Kier molecular flexibility index (Phi) is 4.46. The molecule has 1 aliphatic carbocycles. The molecule has 134 valence electrons. The van der Waals surface area contributed by atoms with E-state index in [1.165, 1.54) is 4.88 Å². The Labute approximate surface area is 153 Å². The molecule has 26 heavy (non-hydrogen) atoms. The van der Waals surface area contributed by atoms with Crippen LogP contribution in [0.4, 0.5) is 0 Å². The summed E-state index contributed by atoms with van der Waals surface area (Å²) in [4.78, 5) is 34.0. The number of carbonyl (C=O) groups excluding carboxylic acids is 1. The van der Waals surface area contributed by atoms with Crippen LogP contribution in [0.15, 0.2) is 29.1 Å². The van der Waals surface area contributed by atoms with E-state index in [1.807, 2.05) is 6.92 Å². The van der Waals surface area contributed by atoms with Gasteiger partial charge in [-0.2, -0.15) is 0 Å². The number of carbonyl (C=O) groups is 1. The van der Waals surface area contributed by atoms with Gasteiger partial charge in [0.15, 0.2) is 0 Å². The molecule has 0 atom stereocenters. The first-order valence-electron chi connectivity index (χ1n) is 8.59. The van der Waals surface area contributed by atoms with E-state index in [0.717, 1.165) is 29.7 Å². The number of rotatable bonds is 5. The summed E-state index contributed by atoms with van der Waals surface area (Å²) < 4.78 is 10.8. The minimum absolute atomic E-state index is 0.0902. The lowest BCUT2D eigenvalue weighted by Gasteiger charge is -2.09. The molecule has 2 heterocycles. The Morgan fingerprint density at radius 1 is 1.31 bits per heavy atom. The van der Waals surface area contributed by atoms with Crippen molar-refractivity contribution in [2.75, 3.05) is 6.61 Å². The van der Waals surface area contributed by atoms with Gasteiger partial charge in [-0.25, -0.2) is 9.78 Å². The minimum Gasteiger partial charge on any atom is -0.493 e. The van der Waals surface area contributed by atoms with Gasteiger partial charge < -0.3 is 14.5 Å². The predicted molar refractivity (Wildman–Crippen MR) is 99.0 cm³/mol. The van der Waals surface area contributed by atoms with Crippen molar-refractivity contribution < 1.29 is 14.3 Å². The maximum atomic E-state index is 12.4. The first-order chi connectivity index (χ1) is 12.7. The topological polar surface area (TPSA) is 81.3 Å². The molecule has 0 fully saturated rings. The highest BCUT2D eigenvalue weighted by molar-refractivity contribution is 7.18. The molecule has 1 aliphatic rings. The molecular weight excluding hydrogens is 352 g/mol. The number of aryl methyl sites for hydroxylation is 2. The van der Waals surface area contributed by atoms with Gasteiger partial charge in [0.1, 0.15) is 28.6 Å². The smallest absolute Gasteiger partial charge is 0.342 e. The van der Waals surface area contributed by atoms with Crippen LogP contribution in [0.3, 0.4) is 0 Å². The van der Waals surface area contributed by atoms with Crippen LogP contribution in [0.1, 0.15) is 40.0 Å². The molecule has 0 amide bonds. The molecule has 0 aliphatic heterocycles. The molecule has 6 nitrogen and oxygen atoms in total. The Morgan fingerprint density at radius 3 is 3.00 bits per heavy atom. The number of fused-ring (bicyclic) bond motifs is 3. The van der Waals surface area contributed by atoms with Crippen molar-refractivity contribution in [2.24, 2.45) is 0 Å². The molecule has 4 rings (SSSR count). The number of hydrogen-bond acceptors (Lipinski definition) is 6. The van der Waals surface area contributed by atoms with E-state index in [9.17, 15) is 9.59 Å². The van der Waals surface area contributed by atoms with Crippen LogP contribution >= 0.6 is 11.3 Å². The first-order valence-corrected chi connectivity index (χ1v) is 9.41. The SMILES string of the molecule is CCOc1ccccc1C(=O)OCc1nc2sc3c(c2c(=O)[nH]1)CCC3. The van der Waals surface area contributed by atoms with Crippen molar-refractivity contribution in [3.8, 4) is 5.75 Å². The summed E-state index contributed by atoms with van der Waals surface area (Å²) >= 11 is 1.56. The highest BCUT2D eigenvalue weighted by Gasteiger charge is 2.21. The van der Waals surface area contributed by atoms with Gasteiger partial charge in [0, 0.05) is 4.88 Å². The molecular formula is C19H18N2O4S. The Bertz CT molecular complexity index is 1040. The molecule has 0 unspecified atom stereocenters. The van der Waals surface area contributed by atoms with Crippen LogP contribution in [0.25, 0.3) is 10.2 Å². The summed E-state index contributed by atoms with van der Waals surface area (Å²) in [5.74, 6) is 0.321. The molecule has 0 radical (unpaired) electrons. The number of benzene rings is 1. The third-order valence-electron chi connectivity index (χ3n) is 4.37. The highest BCUT2D eigenvalue weighted by atomic mass is 32.1. The van der Waals surface area contributed by atoms with Crippen molar-refractivity contribution in [2.45, 2.75) is 32.8 Å². The number of aromatic amines is 1. The molecule has 3 aromatic rings. The molecule has 0 spiro atoms. The van der Waals surface area contributed by atoms with E-state index in [1.54, 1.807) is 35.6 Å². The van der Waals surface area contributed by atoms with Crippen LogP contribution < -0.4 is 10.3 Å². The van der Waals surface area contributed by atoms with E-state index in [2.05, 4.69) is 9.97 Å². The number of hydrogen-bond donors (Lipinski definition) is 1. The van der Waals surface area contributed by atoms with Crippen molar-refractivity contribution in [3.63, 3.8) is 0 Å². The van der Waals surface area contributed by atoms with Crippen LogP contribution in [0.2, 0.25) is 0 Å². The van der Waals surface area contributed by atoms with Gasteiger partial charge in [0.25, 0.3) is 5.56 Å². The highest BCUT2D eigenvalue weighted by Crippen LogP contribution is 2.34. The zero-order chi connectivity index (χ0) is 18.1. The van der Waals surface area contributed by atoms with Gasteiger partial charge >= 0.3 is 5.97 Å². The second kappa shape index (κ2) is 6.92.